The molecule has 0 spiro atoms. The van der Waals surface area contributed by atoms with Crippen LogP contribution in [-0.4, -0.2) is 29.1 Å². The van der Waals surface area contributed by atoms with Crippen molar-refractivity contribution in [1.82, 2.24) is 0 Å². The number of carboxylic acid groups (broad SMARTS) is 1. The van der Waals surface area contributed by atoms with Gasteiger partial charge in [0.15, 0.2) is 6.21 Å². The number of nitrogens with zero attached hydrogens (tertiary/aromatic N) is 1. The van der Waals surface area contributed by atoms with Crippen molar-refractivity contribution in [3.05, 3.63) is 64.9 Å². The minimum Gasteiger partial charge on any atom is -0.618 e. The molecule has 2 aromatic rings. The van der Waals surface area contributed by atoms with Crippen LogP contribution in [0.25, 0.3) is 0 Å². The first-order chi connectivity index (χ1) is 9.60. The lowest BCUT2D eigenvalue weighted by Gasteiger charge is -2.04. The van der Waals surface area contributed by atoms with Crippen LogP contribution in [0.3, 0.4) is 0 Å². The molecule has 5 nitrogen and oxygen atoms in total. The second-order valence-corrected chi connectivity index (χ2v) is 4.08. The van der Waals surface area contributed by atoms with Crippen molar-refractivity contribution < 1.29 is 19.4 Å². The largest absolute Gasteiger partial charge is 0.618 e. The highest BCUT2D eigenvalue weighted by atomic mass is 16.5. The Morgan fingerprint density at radius 1 is 1.25 bits per heavy atom. The molecule has 0 saturated heterocycles. The standard InChI is InChI=1S/C15H13NO4/c1-20-14-7-5-11(6-8-14)10-16(19)13-4-2-3-12(9-13)15(17)18/h2-10H,1H3,(H,17,18). The van der Waals surface area contributed by atoms with Gasteiger partial charge in [-0.05, 0) is 30.3 Å². The van der Waals surface area contributed by atoms with Crippen LogP contribution >= 0.6 is 0 Å². The smallest absolute Gasteiger partial charge is 0.335 e. The monoisotopic (exact) mass is 271 g/mol. The maximum Gasteiger partial charge on any atom is 0.335 e. The van der Waals surface area contributed by atoms with E-state index < -0.39 is 5.97 Å². The van der Waals surface area contributed by atoms with Crippen LogP contribution in [0.4, 0.5) is 5.69 Å². The number of rotatable bonds is 4. The molecule has 102 valence electrons. The number of carbonyl (C=O) groups is 1. The van der Waals surface area contributed by atoms with E-state index in [0.717, 1.165) is 0 Å². The summed E-state index contributed by atoms with van der Waals surface area (Å²) in [6.07, 6.45) is 1.38. The first kappa shape index (κ1) is 13.6. The Hall–Kier alpha value is -2.82. The maximum absolute atomic E-state index is 12.0. The Balaban J connectivity index is 2.29. The van der Waals surface area contributed by atoms with Crippen LogP contribution in [0.15, 0.2) is 48.5 Å². The Morgan fingerprint density at radius 2 is 1.95 bits per heavy atom. The molecule has 0 amide bonds. The van der Waals surface area contributed by atoms with Gasteiger partial charge in [0.1, 0.15) is 5.75 Å². The minimum absolute atomic E-state index is 0.0754. The van der Waals surface area contributed by atoms with Gasteiger partial charge in [0.25, 0.3) is 0 Å². The fourth-order valence-corrected chi connectivity index (χ4v) is 1.68. The van der Waals surface area contributed by atoms with Gasteiger partial charge in [0.05, 0.1) is 12.7 Å². The number of benzene rings is 2. The molecule has 2 aromatic carbocycles. The number of hydrogen-bond acceptors (Lipinski definition) is 3. The first-order valence-electron chi connectivity index (χ1n) is 5.89. The molecule has 0 aliphatic rings. The Labute approximate surface area is 116 Å². The van der Waals surface area contributed by atoms with E-state index >= 15 is 0 Å². The fourth-order valence-electron chi connectivity index (χ4n) is 1.68. The molecule has 2 rings (SSSR count). The summed E-state index contributed by atoms with van der Waals surface area (Å²) in [6.45, 7) is 0. The zero-order chi connectivity index (χ0) is 14.5. The fraction of sp³-hybridized carbons (Fsp3) is 0.0667. The lowest BCUT2D eigenvalue weighted by Crippen LogP contribution is -2.01. The van der Waals surface area contributed by atoms with Crippen molar-refractivity contribution in [3.63, 3.8) is 0 Å². The van der Waals surface area contributed by atoms with Crippen LogP contribution in [0.5, 0.6) is 5.75 Å². The van der Waals surface area contributed by atoms with Gasteiger partial charge in [0, 0.05) is 17.7 Å². The average molecular weight is 271 g/mol. The molecule has 5 heteroatoms. The van der Waals surface area contributed by atoms with Gasteiger partial charge in [-0.2, -0.15) is 4.74 Å². The van der Waals surface area contributed by atoms with Gasteiger partial charge in [-0.15, -0.1) is 0 Å². The van der Waals surface area contributed by atoms with Crippen LogP contribution < -0.4 is 4.74 Å². The molecule has 1 N–H and O–H groups in total. The summed E-state index contributed by atoms with van der Waals surface area (Å²) in [5.41, 5.74) is 1.04. The Kier molecular flexibility index (Phi) is 4.00. The van der Waals surface area contributed by atoms with E-state index in [0.29, 0.717) is 16.1 Å². The molecular formula is C15H13NO4. The molecule has 20 heavy (non-hydrogen) atoms. The first-order valence-corrected chi connectivity index (χ1v) is 5.89. The van der Waals surface area contributed by atoms with E-state index in [-0.39, 0.29) is 11.3 Å². The second kappa shape index (κ2) is 5.88. The van der Waals surface area contributed by atoms with E-state index in [9.17, 15) is 10.0 Å². The number of hydrogen-bond donors (Lipinski definition) is 1. The number of carboxylic acids is 1. The summed E-state index contributed by atoms with van der Waals surface area (Å²) in [7, 11) is 1.57. The van der Waals surface area contributed by atoms with E-state index in [1.54, 1.807) is 37.4 Å². The quantitative estimate of drug-likeness (QED) is 0.401. The molecular weight excluding hydrogens is 258 g/mol. The SMILES string of the molecule is COc1ccc(C=[N+]([O-])c2cccc(C(=O)O)c2)cc1. The summed E-state index contributed by atoms with van der Waals surface area (Å²) in [5.74, 6) is -0.364. The summed E-state index contributed by atoms with van der Waals surface area (Å²) >= 11 is 0. The molecule has 0 saturated carbocycles. The van der Waals surface area contributed by atoms with Crippen molar-refractivity contribution >= 4 is 17.9 Å². The van der Waals surface area contributed by atoms with E-state index in [1.807, 2.05) is 0 Å². The predicted molar refractivity (Wildman–Crippen MR) is 74.8 cm³/mol. The third-order valence-corrected chi connectivity index (χ3v) is 2.73. The second-order valence-electron chi connectivity index (χ2n) is 4.08. The van der Waals surface area contributed by atoms with E-state index in [1.165, 1.54) is 24.4 Å². The molecule has 0 unspecified atom stereocenters. The molecule has 0 aliphatic heterocycles. The Morgan fingerprint density at radius 3 is 2.55 bits per heavy atom. The van der Waals surface area contributed by atoms with Crippen LogP contribution in [0, 0.1) is 5.21 Å². The molecule has 0 fully saturated rings. The highest BCUT2D eigenvalue weighted by Gasteiger charge is 2.08. The van der Waals surface area contributed by atoms with Gasteiger partial charge in [0.2, 0.25) is 5.69 Å². The third kappa shape index (κ3) is 3.14. The zero-order valence-electron chi connectivity index (χ0n) is 10.8. The molecule has 0 atom stereocenters. The van der Waals surface area contributed by atoms with E-state index in [2.05, 4.69) is 0 Å². The number of aromatic carboxylic acids is 1. The zero-order valence-corrected chi connectivity index (χ0v) is 10.8. The van der Waals surface area contributed by atoms with Gasteiger partial charge in [-0.25, -0.2) is 4.79 Å². The summed E-state index contributed by atoms with van der Waals surface area (Å²) in [4.78, 5) is 10.9. The van der Waals surface area contributed by atoms with Crippen molar-refractivity contribution in [1.29, 1.82) is 0 Å². The van der Waals surface area contributed by atoms with Crippen molar-refractivity contribution in [2.45, 2.75) is 0 Å². The van der Waals surface area contributed by atoms with Crippen LogP contribution in [0.1, 0.15) is 15.9 Å². The summed E-state index contributed by atoms with van der Waals surface area (Å²) < 4.78 is 5.66. The number of methoxy groups -OCH3 is 1. The number of ether oxygens (including phenoxy) is 1. The highest BCUT2D eigenvalue weighted by Crippen LogP contribution is 2.15. The highest BCUT2D eigenvalue weighted by molar-refractivity contribution is 5.88. The lowest BCUT2D eigenvalue weighted by molar-refractivity contribution is -0.354. The van der Waals surface area contributed by atoms with Gasteiger partial charge < -0.3 is 15.1 Å². The molecule has 0 radical (unpaired) electrons. The third-order valence-electron chi connectivity index (χ3n) is 2.73. The predicted octanol–water partition coefficient (Wildman–Crippen LogP) is 2.65. The molecule has 0 heterocycles. The van der Waals surface area contributed by atoms with Gasteiger partial charge in [-0.3, -0.25) is 0 Å². The topological polar surface area (TPSA) is 72.6 Å². The minimum atomic E-state index is -1.07. The van der Waals surface area contributed by atoms with E-state index in [4.69, 9.17) is 9.84 Å². The van der Waals surface area contributed by atoms with Crippen LogP contribution in [0.2, 0.25) is 0 Å². The van der Waals surface area contributed by atoms with Crippen LogP contribution in [-0.2, 0) is 0 Å². The van der Waals surface area contributed by atoms with Crippen molar-refractivity contribution in [2.24, 2.45) is 0 Å². The van der Waals surface area contributed by atoms with Crippen molar-refractivity contribution in [3.8, 4) is 5.75 Å². The van der Waals surface area contributed by atoms with Gasteiger partial charge in [-0.1, -0.05) is 6.07 Å². The molecule has 0 aromatic heterocycles. The summed E-state index contributed by atoms with van der Waals surface area (Å²) in [6, 6.07) is 12.8. The molecule has 0 bridgehead atoms. The molecule has 0 aliphatic carbocycles. The lowest BCUT2D eigenvalue weighted by atomic mass is 10.2. The van der Waals surface area contributed by atoms with Gasteiger partial charge >= 0.3 is 5.97 Å². The Bertz CT molecular complexity index is 647. The normalized spacial score (nSPS) is 11.2. The average Bonchev–Trinajstić information content (AvgIpc) is 2.48. The maximum atomic E-state index is 12.0. The van der Waals surface area contributed by atoms with Crippen molar-refractivity contribution in [2.75, 3.05) is 7.11 Å². The summed E-state index contributed by atoms with van der Waals surface area (Å²) in [5, 5.41) is 20.9.